The molecule has 2 rings (SSSR count). The number of aromatic carboxylic acids is 1. The van der Waals surface area contributed by atoms with Crippen molar-refractivity contribution in [2.45, 2.75) is 6.54 Å². The van der Waals surface area contributed by atoms with Crippen molar-refractivity contribution < 1.29 is 19.1 Å². The van der Waals surface area contributed by atoms with E-state index in [0.29, 0.717) is 10.8 Å². The fourth-order valence-electron chi connectivity index (χ4n) is 1.30. The fraction of sp³-hybridized carbons (Fsp3) is 0.0909. The summed E-state index contributed by atoms with van der Waals surface area (Å²) in [5.74, 6) is -0.452. The molecule has 6 nitrogen and oxygen atoms in total. The van der Waals surface area contributed by atoms with Gasteiger partial charge in [0.1, 0.15) is 10.8 Å². The Bertz CT molecular complexity index is 547. The van der Waals surface area contributed by atoms with Crippen molar-refractivity contribution in [1.29, 1.82) is 0 Å². The third-order valence-electron chi connectivity index (χ3n) is 2.13. The number of carboxylic acids is 1. The lowest BCUT2D eigenvalue weighted by molar-refractivity contribution is 0.0698. The summed E-state index contributed by atoms with van der Waals surface area (Å²) >= 11 is 1.15. The van der Waals surface area contributed by atoms with Gasteiger partial charge in [0.05, 0.1) is 18.4 Å². The van der Waals surface area contributed by atoms with Crippen molar-refractivity contribution >= 4 is 28.3 Å². The second kappa shape index (κ2) is 5.37. The van der Waals surface area contributed by atoms with E-state index in [1.165, 1.54) is 12.3 Å². The van der Waals surface area contributed by atoms with Gasteiger partial charge in [-0.1, -0.05) is 0 Å². The SMILES string of the molecule is O=C(NCc1ccco1)Nc1sccc1C(=O)O. The fourth-order valence-corrected chi connectivity index (χ4v) is 2.08. The Morgan fingerprint density at radius 1 is 1.39 bits per heavy atom. The second-order valence-electron chi connectivity index (χ2n) is 3.36. The largest absolute Gasteiger partial charge is 0.478 e. The number of anilines is 1. The molecule has 0 saturated heterocycles. The lowest BCUT2D eigenvalue weighted by Crippen LogP contribution is -2.28. The number of hydrogen-bond acceptors (Lipinski definition) is 4. The van der Waals surface area contributed by atoms with Gasteiger partial charge in [0.25, 0.3) is 0 Å². The Hall–Kier alpha value is -2.28. The summed E-state index contributed by atoms with van der Waals surface area (Å²) in [6, 6.07) is 4.41. The van der Waals surface area contributed by atoms with Crippen LogP contribution in [0.25, 0.3) is 0 Å². The van der Waals surface area contributed by atoms with E-state index in [4.69, 9.17) is 9.52 Å². The summed E-state index contributed by atoms with van der Waals surface area (Å²) in [6.07, 6.45) is 1.51. The molecule has 0 aliphatic heterocycles. The van der Waals surface area contributed by atoms with Gasteiger partial charge in [-0.3, -0.25) is 5.32 Å². The average molecular weight is 266 g/mol. The first-order valence-corrected chi connectivity index (χ1v) is 5.93. The average Bonchev–Trinajstić information content (AvgIpc) is 2.96. The van der Waals surface area contributed by atoms with Crippen LogP contribution in [0.2, 0.25) is 0 Å². The Morgan fingerprint density at radius 2 is 2.22 bits per heavy atom. The van der Waals surface area contributed by atoms with Crippen LogP contribution in [0, 0.1) is 0 Å². The smallest absolute Gasteiger partial charge is 0.338 e. The second-order valence-corrected chi connectivity index (χ2v) is 4.27. The number of hydrogen-bond donors (Lipinski definition) is 3. The van der Waals surface area contributed by atoms with Crippen LogP contribution in [0.3, 0.4) is 0 Å². The summed E-state index contributed by atoms with van der Waals surface area (Å²) < 4.78 is 5.05. The molecule has 0 aliphatic carbocycles. The number of nitrogens with one attached hydrogen (secondary N) is 2. The van der Waals surface area contributed by atoms with Crippen molar-refractivity contribution in [1.82, 2.24) is 5.32 Å². The van der Waals surface area contributed by atoms with E-state index in [2.05, 4.69) is 10.6 Å². The Morgan fingerprint density at radius 3 is 2.89 bits per heavy atom. The maximum Gasteiger partial charge on any atom is 0.338 e. The van der Waals surface area contributed by atoms with Crippen LogP contribution in [-0.2, 0) is 6.54 Å². The first kappa shape index (κ1) is 12.2. The van der Waals surface area contributed by atoms with E-state index in [1.54, 1.807) is 17.5 Å². The number of thiophene rings is 1. The topological polar surface area (TPSA) is 91.6 Å². The standard InChI is InChI=1S/C11H10N2O4S/c14-10(15)8-3-5-18-9(8)13-11(16)12-6-7-2-1-4-17-7/h1-5H,6H2,(H,14,15)(H2,12,13,16). The van der Waals surface area contributed by atoms with E-state index in [9.17, 15) is 9.59 Å². The molecular formula is C11H10N2O4S. The van der Waals surface area contributed by atoms with Gasteiger partial charge in [0, 0.05) is 0 Å². The minimum atomic E-state index is -1.07. The van der Waals surface area contributed by atoms with Gasteiger partial charge in [-0.15, -0.1) is 11.3 Å². The molecule has 3 N–H and O–H groups in total. The third kappa shape index (κ3) is 2.89. The van der Waals surface area contributed by atoms with Gasteiger partial charge in [-0.05, 0) is 23.6 Å². The summed E-state index contributed by atoms with van der Waals surface area (Å²) in [5.41, 5.74) is 0.0770. The normalized spacial score (nSPS) is 10.0. The Labute approximate surface area is 106 Å². The molecule has 0 fully saturated rings. The molecule has 0 atom stereocenters. The van der Waals surface area contributed by atoms with Crippen LogP contribution < -0.4 is 10.6 Å². The van der Waals surface area contributed by atoms with E-state index in [-0.39, 0.29) is 12.1 Å². The van der Waals surface area contributed by atoms with Crippen molar-refractivity contribution in [3.8, 4) is 0 Å². The molecule has 0 unspecified atom stereocenters. The molecule has 7 heteroatoms. The highest BCUT2D eigenvalue weighted by atomic mass is 32.1. The molecule has 0 bridgehead atoms. The number of urea groups is 1. The van der Waals surface area contributed by atoms with Crippen LogP contribution in [0.4, 0.5) is 9.80 Å². The van der Waals surface area contributed by atoms with Crippen molar-refractivity contribution in [3.63, 3.8) is 0 Å². The number of carbonyl (C=O) groups excluding carboxylic acids is 1. The molecule has 0 aliphatic rings. The zero-order valence-electron chi connectivity index (χ0n) is 9.17. The molecule has 2 aromatic heterocycles. The Kier molecular flexibility index (Phi) is 3.63. The molecular weight excluding hydrogens is 256 g/mol. The lowest BCUT2D eigenvalue weighted by Gasteiger charge is -2.05. The van der Waals surface area contributed by atoms with Crippen molar-refractivity contribution in [2.24, 2.45) is 0 Å². The molecule has 94 valence electrons. The minimum Gasteiger partial charge on any atom is -0.478 e. The number of carboxylic acid groups (broad SMARTS) is 1. The molecule has 18 heavy (non-hydrogen) atoms. The molecule has 0 aromatic carbocycles. The number of furan rings is 1. The van der Waals surface area contributed by atoms with Gasteiger partial charge in [0.15, 0.2) is 0 Å². The zero-order chi connectivity index (χ0) is 13.0. The van der Waals surface area contributed by atoms with E-state index >= 15 is 0 Å². The summed E-state index contributed by atoms with van der Waals surface area (Å²) in [6.45, 7) is 0.243. The van der Waals surface area contributed by atoms with Crippen molar-refractivity contribution in [2.75, 3.05) is 5.32 Å². The summed E-state index contributed by atoms with van der Waals surface area (Å²) in [4.78, 5) is 22.4. The van der Waals surface area contributed by atoms with E-state index in [0.717, 1.165) is 11.3 Å². The van der Waals surface area contributed by atoms with Crippen LogP contribution >= 0.6 is 11.3 Å². The first-order valence-electron chi connectivity index (χ1n) is 5.05. The summed E-state index contributed by atoms with van der Waals surface area (Å²) in [5, 5.41) is 15.8. The molecule has 0 radical (unpaired) electrons. The van der Waals surface area contributed by atoms with Gasteiger partial charge in [-0.25, -0.2) is 9.59 Å². The van der Waals surface area contributed by atoms with Gasteiger partial charge < -0.3 is 14.8 Å². The number of amides is 2. The van der Waals surface area contributed by atoms with Crippen LogP contribution in [0.1, 0.15) is 16.1 Å². The highest BCUT2D eigenvalue weighted by molar-refractivity contribution is 7.14. The van der Waals surface area contributed by atoms with Crippen LogP contribution in [0.15, 0.2) is 34.3 Å². The van der Waals surface area contributed by atoms with Gasteiger partial charge in [0.2, 0.25) is 0 Å². The molecule has 2 amide bonds. The molecule has 2 heterocycles. The quantitative estimate of drug-likeness (QED) is 0.792. The van der Waals surface area contributed by atoms with E-state index in [1.807, 2.05) is 0 Å². The third-order valence-corrected chi connectivity index (χ3v) is 2.96. The molecule has 0 spiro atoms. The predicted octanol–water partition coefficient (Wildman–Crippen LogP) is 2.36. The number of carbonyl (C=O) groups is 2. The zero-order valence-corrected chi connectivity index (χ0v) is 9.99. The van der Waals surface area contributed by atoms with Crippen LogP contribution in [-0.4, -0.2) is 17.1 Å². The lowest BCUT2D eigenvalue weighted by atomic mass is 10.3. The first-order chi connectivity index (χ1) is 8.66. The van der Waals surface area contributed by atoms with Crippen LogP contribution in [0.5, 0.6) is 0 Å². The highest BCUT2D eigenvalue weighted by Crippen LogP contribution is 2.22. The summed E-state index contributed by atoms with van der Waals surface area (Å²) in [7, 11) is 0. The molecule has 0 saturated carbocycles. The highest BCUT2D eigenvalue weighted by Gasteiger charge is 2.13. The maximum atomic E-state index is 11.5. The predicted molar refractivity (Wildman–Crippen MR) is 65.8 cm³/mol. The molecule has 2 aromatic rings. The minimum absolute atomic E-state index is 0.0770. The van der Waals surface area contributed by atoms with E-state index < -0.39 is 12.0 Å². The van der Waals surface area contributed by atoms with Gasteiger partial charge >= 0.3 is 12.0 Å². The van der Waals surface area contributed by atoms with Gasteiger partial charge in [-0.2, -0.15) is 0 Å². The Balaban J connectivity index is 1.91. The number of rotatable bonds is 4. The monoisotopic (exact) mass is 266 g/mol. The van der Waals surface area contributed by atoms with Crippen molar-refractivity contribution in [3.05, 3.63) is 41.2 Å². The maximum absolute atomic E-state index is 11.5.